The maximum absolute atomic E-state index is 13.5. The molecule has 0 bridgehead atoms. The normalized spacial score (nSPS) is 18.0. The summed E-state index contributed by atoms with van der Waals surface area (Å²) in [5, 5.41) is 2.90. The van der Waals surface area contributed by atoms with Crippen LogP contribution in [0.2, 0.25) is 5.02 Å². The number of hydrogen-bond acceptors (Lipinski definition) is 3. The molecule has 0 aromatic heterocycles. The van der Waals surface area contributed by atoms with Gasteiger partial charge in [0.15, 0.2) is 0 Å². The highest BCUT2D eigenvalue weighted by molar-refractivity contribution is 6.34. The van der Waals surface area contributed by atoms with Crippen molar-refractivity contribution in [2.24, 2.45) is 5.92 Å². The Morgan fingerprint density at radius 2 is 1.78 bits per heavy atom. The van der Waals surface area contributed by atoms with Crippen molar-refractivity contribution in [3.05, 3.63) is 58.9 Å². The molecule has 1 saturated heterocycles. The van der Waals surface area contributed by atoms with Gasteiger partial charge < -0.3 is 15.1 Å². The van der Waals surface area contributed by atoms with Crippen LogP contribution in [0.4, 0.5) is 15.8 Å². The average molecular weight is 458 g/mol. The molecule has 2 amide bonds. The number of halogens is 2. The smallest absolute Gasteiger partial charge is 0.257 e. The first-order chi connectivity index (χ1) is 15.4. The second-order valence-corrected chi connectivity index (χ2v) is 9.26. The van der Waals surface area contributed by atoms with Crippen LogP contribution in [0, 0.1) is 11.7 Å². The van der Waals surface area contributed by atoms with Crippen molar-refractivity contribution in [2.45, 2.75) is 44.6 Å². The molecule has 0 unspecified atom stereocenters. The third-order valence-electron chi connectivity index (χ3n) is 6.55. The van der Waals surface area contributed by atoms with Crippen LogP contribution in [0.5, 0.6) is 0 Å². The van der Waals surface area contributed by atoms with E-state index >= 15 is 0 Å². The first-order valence-corrected chi connectivity index (χ1v) is 11.7. The molecule has 1 heterocycles. The number of amides is 2. The van der Waals surface area contributed by atoms with E-state index in [-0.39, 0.29) is 28.5 Å². The van der Waals surface area contributed by atoms with E-state index in [4.69, 9.17) is 11.6 Å². The summed E-state index contributed by atoms with van der Waals surface area (Å²) in [6.07, 6.45) is 5.95. The Bertz CT molecular complexity index is 985. The minimum atomic E-state index is -0.493. The standard InChI is InChI=1S/C25H29ClFN3O2/c1-29-13-11-20(12-14-29)30(25(32)17-5-2-3-6-17)21-8-4-7-19(16-21)28-24(31)22-10-9-18(27)15-23(22)26/h4,7-10,15-17,20H,2-3,5-6,11-14H2,1H3,(H,28,31). The summed E-state index contributed by atoms with van der Waals surface area (Å²) >= 11 is 6.04. The van der Waals surface area contributed by atoms with Crippen LogP contribution >= 0.6 is 11.6 Å². The van der Waals surface area contributed by atoms with Crippen molar-refractivity contribution >= 4 is 34.8 Å². The molecule has 7 heteroatoms. The predicted molar refractivity (Wildman–Crippen MR) is 126 cm³/mol. The molecule has 2 aromatic rings. The molecule has 0 spiro atoms. The van der Waals surface area contributed by atoms with E-state index in [1.807, 2.05) is 23.1 Å². The zero-order valence-electron chi connectivity index (χ0n) is 18.3. The predicted octanol–water partition coefficient (Wildman–Crippen LogP) is 5.35. The summed E-state index contributed by atoms with van der Waals surface area (Å²) in [6, 6.07) is 11.3. The van der Waals surface area contributed by atoms with E-state index in [9.17, 15) is 14.0 Å². The highest BCUT2D eigenvalue weighted by Crippen LogP contribution is 2.33. The zero-order valence-corrected chi connectivity index (χ0v) is 19.1. The van der Waals surface area contributed by atoms with Gasteiger partial charge in [-0.3, -0.25) is 9.59 Å². The van der Waals surface area contributed by atoms with Gasteiger partial charge in [-0.15, -0.1) is 0 Å². The first-order valence-electron chi connectivity index (χ1n) is 11.3. The first kappa shape index (κ1) is 22.7. The van der Waals surface area contributed by atoms with Gasteiger partial charge in [-0.25, -0.2) is 4.39 Å². The monoisotopic (exact) mass is 457 g/mol. The zero-order chi connectivity index (χ0) is 22.7. The number of nitrogens with one attached hydrogen (secondary N) is 1. The Kier molecular flexibility index (Phi) is 7.11. The van der Waals surface area contributed by atoms with Gasteiger partial charge in [0, 0.05) is 23.3 Å². The molecule has 32 heavy (non-hydrogen) atoms. The van der Waals surface area contributed by atoms with Crippen LogP contribution in [0.15, 0.2) is 42.5 Å². The average Bonchev–Trinajstić information content (AvgIpc) is 3.30. The fourth-order valence-corrected chi connectivity index (χ4v) is 5.00. The summed E-state index contributed by atoms with van der Waals surface area (Å²) in [4.78, 5) is 30.5. The molecule has 0 atom stereocenters. The molecule has 170 valence electrons. The van der Waals surface area contributed by atoms with Crippen molar-refractivity contribution in [1.82, 2.24) is 4.90 Å². The highest BCUT2D eigenvalue weighted by Gasteiger charge is 2.34. The molecule has 1 N–H and O–H groups in total. The Balaban J connectivity index is 1.58. The quantitative estimate of drug-likeness (QED) is 0.658. The molecular weight excluding hydrogens is 429 g/mol. The summed E-state index contributed by atoms with van der Waals surface area (Å²) < 4.78 is 13.3. The van der Waals surface area contributed by atoms with Crippen molar-refractivity contribution < 1.29 is 14.0 Å². The van der Waals surface area contributed by atoms with E-state index in [0.717, 1.165) is 63.4 Å². The van der Waals surface area contributed by atoms with Crippen molar-refractivity contribution in [1.29, 1.82) is 0 Å². The molecule has 2 fully saturated rings. The molecule has 0 radical (unpaired) electrons. The van der Waals surface area contributed by atoms with Crippen LogP contribution in [0.25, 0.3) is 0 Å². The fourth-order valence-electron chi connectivity index (χ4n) is 4.75. The lowest BCUT2D eigenvalue weighted by Crippen LogP contribution is -2.48. The highest BCUT2D eigenvalue weighted by atomic mass is 35.5. The largest absolute Gasteiger partial charge is 0.322 e. The number of likely N-dealkylation sites (tertiary alicyclic amines) is 1. The summed E-state index contributed by atoms with van der Waals surface area (Å²) in [5.41, 5.74) is 1.58. The van der Waals surface area contributed by atoms with Gasteiger partial charge in [-0.1, -0.05) is 30.5 Å². The number of piperidine rings is 1. The Morgan fingerprint density at radius 3 is 2.47 bits per heavy atom. The number of nitrogens with zero attached hydrogens (tertiary/aromatic N) is 2. The molecule has 5 nitrogen and oxygen atoms in total. The Hall–Kier alpha value is -2.44. The minimum absolute atomic E-state index is 0.0583. The number of hydrogen-bond donors (Lipinski definition) is 1. The van der Waals surface area contributed by atoms with Crippen LogP contribution in [-0.2, 0) is 4.79 Å². The van der Waals surface area contributed by atoms with Gasteiger partial charge in [0.1, 0.15) is 5.82 Å². The van der Waals surface area contributed by atoms with E-state index < -0.39 is 11.7 Å². The van der Waals surface area contributed by atoms with Gasteiger partial charge in [0.25, 0.3) is 5.91 Å². The molecule has 1 saturated carbocycles. The van der Waals surface area contributed by atoms with Crippen LogP contribution in [0.1, 0.15) is 48.9 Å². The number of benzene rings is 2. The van der Waals surface area contributed by atoms with E-state index in [0.29, 0.717) is 5.69 Å². The van der Waals surface area contributed by atoms with Gasteiger partial charge in [-0.05, 0) is 82.2 Å². The summed E-state index contributed by atoms with van der Waals surface area (Å²) in [5.74, 6) is -0.638. The molecule has 1 aliphatic carbocycles. The second kappa shape index (κ2) is 10.0. The van der Waals surface area contributed by atoms with E-state index in [1.54, 1.807) is 6.07 Å². The third kappa shape index (κ3) is 5.13. The van der Waals surface area contributed by atoms with Gasteiger partial charge in [0.05, 0.1) is 10.6 Å². The number of carbonyl (C=O) groups excluding carboxylic acids is 2. The molecule has 1 aliphatic heterocycles. The minimum Gasteiger partial charge on any atom is -0.322 e. The molecule has 2 aromatic carbocycles. The van der Waals surface area contributed by atoms with E-state index in [1.165, 1.54) is 12.1 Å². The van der Waals surface area contributed by atoms with Gasteiger partial charge in [0.2, 0.25) is 5.91 Å². The van der Waals surface area contributed by atoms with Gasteiger partial charge in [-0.2, -0.15) is 0 Å². The van der Waals surface area contributed by atoms with Crippen LogP contribution in [-0.4, -0.2) is 42.9 Å². The van der Waals surface area contributed by atoms with Crippen LogP contribution in [0.3, 0.4) is 0 Å². The lowest BCUT2D eigenvalue weighted by molar-refractivity contribution is -0.122. The Labute approximate surface area is 193 Å². The third-order valence-corrected chi connectivity index (χ3v) is 6.87. The summed E-state index contributed by atoms with van der Waals surface area (Å²) in [6.45, 7) is 1.91. The van der Waals surface area contributed by atoms with Crippen molar-refractivity contribution in [3.63, 3.8) is 0 Å². The van der Waals surface area contributed by atoms with Gasteiger partial charge >= 0.3 is 0 Å². The van der Waals surface area contributed by atoms with Crippen LogP contribution < -0.4 is 10.2 Å². The lowest BCUT2D eigenvalue weighted by atomic mass is 9.98. The number of anilines is 2. The molecule has 2 aliphatic rings. The Morgan fingerprint density at radius 1 is 1.06 bits per heavy atom. The van der Waals surface area contributed by atoms with E-state index in [2.05, 4.69) is 17.3 Å². The number of rotatable bonds is 5. The van der Waals surface area contributed by atoms with Crippen molar-refractivity contribution in [2.75, 3.05) is 30.4 Å². The van der Waals surface area contributed by atoms with Crippen molar-refractivity contribution in [3.8, 4) is 0 Å². The maximum Gasteiger partial charge on any atom is 0.257 e. The SMILES string of the molecule is CN1CCC(N(C(=O)C2CCCC2)c2cccc(NC(=O)c3ccc(F)cc3Cl)c2)CC1. The molecular formula is C25H29ClFN3O2. The number of carbonyl (C=O) groups is 2. The topological polar surface area (TPSA) is 52.6 Å². The second-order valence-electron chi connectivity index (χ2n) is 8.85. The fraction of sp³-hybridized carbons (Fsp3) is 0.440. The molecule has 4 rings (SSSR count). The maximum atomic E-state index is 13.5. The summed E-state index contributed by atoms with van der Waals surface area (Å²) in [7, 11) is 2.11. The lowest BCUT2D eigenvalue weighted by Gasteiger charge is -2.38.